The molecule has 19 heavy (non-hydrogen) atoms. The van der Waals surface area contributed by atoms with Crippen LogP contribution in [0.15, 0.2) is 0 Å². The number of hydrogen-bond acceptors (Lipinski definition) is 2. The lowest BCUT2D eigenvalue weighted by molar-refractivity contribution is 0.404. The van der Waals surface area contributed by atoms with E-state index in [0.29, 0.717) is 0 Å². The minimum Gasteiger partial charge on any atom is -0.0942 e. The topological polar surface area (TPSA) is 0 Å². The largest absolute Gasteiger partial charge is 0.0942 e. The SMILES string of the molecule is CCCCCCC(CCCCCC)[C@H](C)SSCC. The number of rotatable bonds is 14. The van der Waals surface area contributed by atoms with E-state index in [4.69, 9.17) is 0 Å². The van der Waals surface area contributed by atoms with Crippen molar-refractivity contribution in [3.8, 4) is 0 Å². The van der Waals surface area contributed by atoms with Crippen LogP contribution in [0.4, 0.5) is 0 Å². The van der Waals surface area contributed by atoms with Gasteiger partial charge in [0.15, 0.2) is 0 Å². The van der Waals surface area contributed by atoms with Gasteiger partial charge in [0.25, 0.3) is 0 Å². The molecule has 0 heterocycles. The summed E-state index contributed by atoms with van der Waals surface area (Å²) in [5.74, 6) is 2.20. The van der Waals surface area contributed by atoms with E-state index in [9.17, 15) is 0 Å². The second-order valence-electron chi connectivity index (χ2n) is 5.67. The minimum atomic E-state index is 0.841. The predicted octanol–water partition coefficient (Wildman–Crippen LogP) is 7.33. The molecule has 0 saturated heterocycles. The number of unbranched alkanes of at least 4 members (excludes halogenated alkanes) is 6. The van der Waals surface area contributed by atoms with Gasteiger partial charge in [-0.1, -0.05) is 101 Å². The zero-order valence-corrected chi connectivity index (χ0v) is 15.4. The highest BCUT2D eigenvalue weighted by Gasteiger charge is 2.17. The minimum absolute atomic E-state index is 0.841. The summed E-state index contributed by atoms with van der Waals surface area (Å²) in [4.78, 5) is 0. The van der Waals surface area contributed by atoms with Gasteiger partial charge in [0.2, 0.25) is 0 Å². The van der Waals surface area contributed by atoms with E-state index < -0.39 is 0 Å². The maximum absolute atomic E-state index is 2.46. The van der Waals surface area contributed by atoms with Crippen molar-refractivity contribution in [3.05, 3.63) is 0 Å². The van der Waals surface area contributed by atoms with Gasteiger partial charge in [-0.3, -0.25) is 0 Å². The average molecular weight is 305 g/mol. The predicted molar refractivity (Wildman–Crippen MR) is 96.2 cm³/mol. The molecule has 0 aromatic carbocycles. The Morgan fingerprint density at radius 1 is 0.737 bits per heavy atom. The van der Waals surface area contributed by atoms with E-state index in [-0.39, 0.29) is 0 Å². The maximum Gasteiger partial charge on any atom is 0.0151 e. The molecular weight excluding hydrogens is 268 g/mol. The van der Waals surface area contributed by atoms with E-state index in [1.54, 1.807) is 0 Å². The average Bonchev–Trinajstić information content (AvgIpc) is 2.43. The van der Waals surface area contributed by atoms with Gasteiger partial charge in [-0.15, -0.1) is 0 Å². The van der Waals surface area contributed by atoms with Gasteiger partial charge in [0, 0.05) is 11.0 Å². The van der Waals surface area contributed by atoms with E-state index in [1.165, 1.54) is 70.0 Å². The third kappa shape index (κ3) is 12.2. The Balaban J connectivity index is 3.91. The molecule has 0 aliphatic heterocycles. The lowest BCUT2D eigenvalue weighted by Gasteiger charge is -2.23. The molecular formula is C17H36S2. The summed E-state index contributed by atoms with van der Waals surface area (Å²) in [6.07, 6.45) is 14.3. The van der Waals surface area contributed by atoms with Gasteiger partial charge in [0.05, 0.1) is 0 Å². The maximum atomic E-state index is 2.46. The fourth-order valence-electron chi connectivity index (χ4n) is 2.53. The third-order valence-electron chi connectivity index (χ3n) is 3.86. The van der Waals surface area contributed by atoms with Crippen LogP contribution >= 0.6 is 21.6 Å². The summed E-state index contributed by atoms with van der Waals surface area (Å²) < 4.78 is 0. The van der Waals surface area contributed by atoms with Crippen molar-refractivity contribution >= 4 is 21.6 Å². The van der Waals surface area contributed by atoms with Crippen molar-refractivity contribution in [2.45, 2.75) is 97.2 Å². The van der Waals surface area contributed by atoms with E-state index in [2.05, 4.69) is 38.5 Å². The Bertz CT molecular complexity index is 159. The monoisotopic (exact) mass is 304 g/mol. The molecule has 0 spiro atoms. The van der Waals surface area contributed by atoms with Crippen LogP contribution in [0, 0.1) is 5.92 Å². The molecule has 0 N–H and O–H groups in total. The Morgan fingerprint density at radius 2 is 1.26 bits per heavy atom. The van der Waals surface area contributed by atoms with Gasteiger partial charge < -0.3 is 0 Å². The van der Waals surface area contributed by atoms with Crippen molar-refractivity contribution in [1.82, 2.24) is 0 Å². The van der Waals surface area contributed by atoms with Crippen LogP contribution in [-0.4, -0.2) is 11.0 Å². The summed E-state index contributed by atoms with van der Waals surface area (Å²) in [5.41, 5.74) is 0. The van der Waals surface area contributed by atoms with Crippen LogP contribution in [0.2, 0.25) is 0 Å². The number of hydrogen-bond donors (Lipinski definition) is 0. The standard InChI is InChI=1S/C17H36S2/c1-5-8-10-12-14-17(15-13-11-9-6-2)16(4)19-18-7-3/h16-17H,5-15H2,1-4H3/t16-/m0/s1. The highest BCUT2D eigenvalue weighted by molar-refractivity contribution is 8.76. The molecule has 0 aliphatic carbocycles. The molecule has 0 aromatic heterocycles. The Hall–Kier alpha value is 0.700. The lowest BCUT2D eigenvalue weighted by atomic mass is 9.92. The highest BCUT2D eigenvalue weighted by Crippen LogP contribution is 2.35. The molecule has 2 heteroatoms. The van der Waals surface area contributed by atoms with Crippen LogP contribution in [0.3, 0.4) is 0 Å². The first-order valence-corrected chi connectivity index (χ1v) is 10.9. The second kappa shape index (κ2) is 15.1. The van der Waals surface area contributed by atoms with Crippen molar-refractivity contribution in [2.24, 2.45) is 5.92 Å². The van der Waals surface area contributed by atoms with Crippen molar-refractivity contribution < 1.29 is 0 Å². The van der Waals surface area contributed by atoms with Crippen LogP contribution in [0.5, 0.6) is 0 Å². The zero-order chi connectivity index (χ0) is 14.3. The molecule has 0 fully saturated rings. The Morgan fingerprint density at radius 3 is 1.68 bits per heavy atom. The zero-order valence-electron chi connectivity index (χ0n) is 13.7. The van der Waals surface area contributed by atoms with Crippen LogP contribution in [0.1, 0.15) is 91.9 Å². The van der Waals surface area contributed by atoms with Gasteiger partial charge >= 0.3 is 0 Å². The quantitative estimate of drug-likeness (QED) is 0.243. The van der Waals surface area contributed by atoms with Crippen LogP contribution < -0.4 is 0 Å². The van der Waals surface area contributed by atoms with Crippen LogP contribution in [-0.2, 0) is 0 Å². The summed E-state index contributed by atoms with van der Waals surface area (Å²) in [6, 6.07) is 0. The van der Waals surface area contributed by atoms with Crippen molar-refractivity contribution in [1.29, 1.82) is 0 Å². The van der Waals surface area contributed by atoms with E-state index in [0.717, 1.165) is 11.2 Å². The molecule has 0 bridgehead atoms. The smallest absolute Gasteiger partial charge is 0.0151 e. The normalized spacial score (nSPS) is 13.1. The van der Waals surface area contributed by atoms with Crippen molar-refractivity contribution in [3.63, 3.8) is 0 Å². The summed E-state index contributed by atoms with van der Waals surface area (Å²) in [6.45, 7) is 9.33. The van der Waals surface area contributed by atoms with Gasteiger partial charge in [-0.05, 0) is 18.8 Å². The lowest BCUT2D eigenvalue weighted by Crippen LogP contribution is -2.13. The van der Waals surface area contributed by atoms with Crippen LogP contribution in [0.25, 0.3) is 0 Å². The fraction of sp³-hybridized carbons (Fsp3) is 1.00. The molecule has 0 aromatic rings. The summed E-state index contributed by atoms with van der Waals surface area (Å²) in [7, 11) is 4.18. The van der Waals surface area contributed by atoms with Gasteiger partial charge in [0.1, 0.15) is 0 Å². The molecule has 0 unspecified atom stereocenters. The van der Waals surface area contributed by atoms with E-state index in [1.807, 2.05) is 10.8 Å². The summed E-state index contributed by atoms with van der Waals surface area (Å²) in [5, 5.41) is 0.841. The first-order chi connectivity index (χ1) is 9.26. The molecule has 0 saturated carbocycles. The second-order valence-corrected chi connectivity index (χ2v) is 8.70. The molecule has 116 valence electrons. The first-order valence-electron chi connectivity index (χ1n) is 8.54. The first kappa shape index (κ1) is 19.7. The summed E-state index contributed by atoms with van der Waals surface area (Å²) >= 11 is 0. The Labute approximate surface area is 130 Å². The molecule has 0 nitrogen and oxygen atoms in total. The Kier molecular flexibility index (Phi) is 15.7. The van der Waals surface area contributed by atoms with Gasteiger partial charge in [-0.2, -0.15) is 0 Å². The van der Waals surface area contributed by atoms with Gasteiger partial charge in [-0.25, -0.2) is 0 Å². The molecule has 0 radical (unpaired) electrons. The highest BCUT2D eigenvalue weighted by atomic mass is 33.1. The molecule has 1 atom stereocenters. The molecule has 0 amide bonds. The molecule has 0 rings (SSSR count). The molecule has 0 aliphatic rings. The fourth-order valence-corrected chi connectivity index (χ4v) is 4.84. The van der Waals surface area contributed by atoms with Crippen molar-refractivity contribution in [2.75, 3.05) is 5.75 Å². The third-order valence-corrected chi connectivity index (χ3v) is 6.94. The van der Waals surface area contributed by atoms with E-state index >= 15 is 0 Å².